The van der Waals surface area contributed by atoms with Crippen molar-refractivity contribution in [2.45, 2.75) is 25.9 Å². The number of hydrogen-bond donors (Lipinski definition) is 2. The van der Waals surface area contributed by atoms with Crippen LogP contribution in [-0.2, 0) is 4.74 Å². The Morgan fingerprint density at radius 2 is 2.00 bits per heavy atom. The van der Waals surface area contributed by atoms with Gasteiger partial charge in [-0.1, -0.05) is 6.92 Å². The third kappa shape index (κ3) is 4.93. The highest BCUT2D eigenvalue weighted by molar-refractivity contribution is 4.73. The molecule has 15 heavy (non-hydrogen) atoms. The highest BCUT2D eigenvalue weighted by Gasteiger charge is 2.20. The lowest BCUT2D eigenvalue weighted by atomic mass is 10.1. The predicted molar refractivity (Wildman–Crippen MR) is 58.7 cm³/mol. The molecule has 0 amide bonds. The summed E-state index contributed by atoms with van der Waals surface area (Å²) in [6.45, 7) is 5.96. The van der Waals surface area contributed by atoms with E-state index < -0.39 is 0 Å². The number of likely N-dealkylation sites (tertiary alicyclic amines) is 1. The van der Waals surface area contributed by atoms with Crippen molar-refractivity contribution < 1.29 is 14.9 Å². The van der Waals surface area contributed by atoms with Crippen molar-refractivity contribution in [1.82, 2.24) is 4.90 Å². The molecule has 1 heterocycles. The maximum atomic E-state index is 8.95. The van der Waals surface area contributed by atoms with Gasteiger partial charge in [-0.3, -0.25) is 0 Å². The second-order valence-corrected chi connectivity index (χ2v) is 4.38. The van der Waals surface area contributed by atoms with Crippen LogP contribution in [0.1, 0.15) is 19.8 Å². The SMILES string of the molecule is CC(CO)CN1CCC(OCCO)CC1. The number of aliphatic hydroxyl groups excluding tert-OH is 2. The number of nitrogens with zero attached hydrogens (tertiary/aromatic N) is 1. The molecule has 1 rings (SSSR count). The van der Waals surface area contributed by atoms with Gasteiger partial charge in [-0.05, 0) is 18.8 Å². The van der Waals surface area contributed by atoms with Crippen LogP contribution < -0.4 is 0 Å². The number of ether oxygens (including phenoxy) is 1. The Kier molecular flexibility index (Phi) is 6.17. The van der Waals surface area contributed by atoms with Crippen LogP contribution >= 0.6 is 0 Å². The molecule has 1 fully saturated rings. The number of hydrogen-bond acceptors (Lipinski definition) is 4. The average molecular weight is 217 g/mol. The van der Waals surface area contributed by atoms with E-state index >= 15 is 0 Å². The van der Waals surface area contributed by atoms with Gasteiger partial charge in [0.1, 0.15) is 0 Å². The largest absolute Gasteiger partial charge is 0.396 e. The van der Waals surface area contributed by atoms with E-state index in [1.54, 1.807) is 0 Å². The molecule has 1 saturated heterocycles. The molecule has 0 saturated carbocycles. The first-order valence-corrected chi connectivity index (χ1v) is 5.82. The van der Waals surface area contributed by atoms with Gasteiger partial charge >= 0.3 is 0 Å². The van der Waals surface area contributed by atoms with Gasteiger partial charge in [-0.2, -0.15) is 0 Å². The quantitative estimate of drug-likeness (QED) is 0.662. The van der Waals surface area contributed by atoms with Crippen LogP contribution in [0, 0.1) is 5.92 Å². The van der Waals surface area contributed by atoms with Crippen LogP contribution in [0.25, 0.3) is 0 Å². The van der Waals surface area contributed by atoms with E-state index in [-0.39, 0.29) is 13.2 Å². The molecule has 4 heteroatoms. The van der Waals surface area contributed by atoms with Gasteiger partial charge < -0.3 is 19.8 Å². The maximum Gasteiger partial charge on any atom is 0.0701 e. The topological polar surface area (TPSA) is 52.9 Å². The zero-order valence-electron chi connectivity index (χ0n) is 9.56. The Bertz CT molecular complexity index is 158. The Hall–Kier alpha value is -0.160. The Balaban J connectivity index is 2.12. The Morgan fingerprint density at radius 1 is 1.33 bits per heavy atom. The Labute approximate surface area is 91.8 Å². The second kappa shape index (κ2) is 7.17. The number of rotatable bonds is 6. The molecule has 1 atom stereocenters. The summed E-state index contributed by atoms with van der Waals surface area (Å²) in [6, 6.07) is 0. The maximum absolute atomic E-state index is 8.95. The lowest BCUT2D eigenvalue weighted by Crippen LogP contribution is -2.40. The minimum absolute atomic E-state index is 0.113. The summed E-state index contributed by atoms with van der Waals surface area (Å²) in [7, 11) is 0. The van der Waals surface area contributed by atoms with Crippen LogP contribution in [-0.4, -0.2) is 60.7 Å². The average Bonchev–Trinajstić information content (AvgIpc) is 2.28. The van der Waals surface area contributed by atoms with Crippen molar-refractivity contribution in [3.05, 3.63) is 0 Å². The summed E-state index contributed by atoms with van der Waals surface area (Å²) in [4.78, 5) is 2.37. The molecule has 1 unspecified atom stereocenters. The summed E-state index contributed by atoms with van der Waals surface area (Å²) in [5.41, 5.74) is 0. The smallest absolute Gasteiger partial charge is 0.0701 e. The van der Waals surface area contributed by atoms with Gasteiger partial charge in [0, 0.05) is 26.2 Å². The molecule has 90 valence electrons. The monoisotopic (exact) mass is 217 g/mol. The van der Waals surface area contributed by atoms with Crippen molar-refractivity contribution in [3.8, 4) is 0 Å². The first kappa shape index (κ1) is 12.9. The van der Waals surface area contributed by atoms with Gasteiger partial charge in [-0.15, -0.1) is 0 Å². The highest BCUT2D eigenvalue weighted by atomic mass is 16.5. The highest BCUT2D eigenvalue weighted by Crippen LogP contribution is 2.14. The minimum Gasteiger partial charge on any atom is -0.396 e. The zero-order valence-corrected chi connectivity index (χ0v) is 9.56. The first-order valence-electron chi connectivity index (χ1n) is 5.82. The van der Waals surface area contributed by atoms with Crippen LogP contribution in [0.5, 0.6) is 0 Å². The fourth-order valence-corrected chi connectivity index (χ4v) is 1.98. The fourth-order valence-electron chi connectivity index (χ4n) is 1.98. The van der Waals surface area contributed by atoms with Crippen molar-refractivity contribution >= 4 is 0 Å². The lowest BCUT2D eigenvalue weighted by Gasteiger charge is -2.33. The van der Waals surface area contributed by atoms with Crippen LogP contribution in [0.15, 0.2) is 0 Å². The van der Waals surface area contributed by atoms with Crippen LogP contribution in [0.3, 0.4) is 0 Å². The van der Waals surface area contributed by atoms with E-state index in [0.29, 0.717) is 18.6 Å². The summed E-state index contributed by atoms with van der Waals surface area (Å²) in [6.07, 6.45) is 2.40. The minimum atomic E-state index is 0.113. The van der Waals surface area contributed by atoms with Gasteiger partial charge in [0.2, 0.25) is 0 Å². The van der Waals surface area contributed by atoms with Crippen LogP contribution in [0.2, 0.25) is 0 Å². The fraction of sp³-hybridized carbons (Fsp3) is 1.00. The van der Waals surface area contributed by atoms with E-state index in [9.17, 15) is 0 Å². The molecule has 0 aromatic heterocycles. The standard InChI is InChI=1S/C11H23NO3/c1-10(9-14)8-12-4-2-11(3-5-12)15-7-6-13/h10-11,13-14H,2-9H2,1H3. The second-order valence-electron chi connectivity index (χ2n) is 4.38. The Morgan fingerprint density at radius 3 is 2.53 bits per heavy atom. The van der Waals surface area contributed by atoms with E-state index in [0.717, 1.165) is 32.5 Å². The first-order chi connectivity index (χ1) is 7.26. The van der Waals surface area contributed by atoms with Crippen LogP contribution in [0.4, 0.5) is 0 Å². The van der Waals surface area contributed by atoms with Crippen molar-refractivity contribution in [2.75, 3.05) is 39.5 Å². The summed E-state index contributed by atoms with van der Waals surface area (Å²) in [5, 5.41) is 17.6. The molecule has 1 aliphatic heterocycles. The molecule has 2 N–H and O–H groups in total. The van der Waals surface area contributed by atoms with Crippen molar-refractivity contribution in [1.29, 1.82) is 0 Å². The molecule has 0 spiro atoms. The van der Waals surface area contributed by atoms with E-state index in [1.165, 1.54) is 0 Å². The van der Waals surface area contributed by atoms with Crippen molar-refractivity contribution in [2.24, 2.45) is 5.92 Å². The lowest BCUT2D eigenvalue weighted by molar-refractivity contribution is -0.0107. The van der Waals surface area contributed by atoms with E-state index in [4.69, 9.17) is 14.9 Å². The normalized spacial score (nSPS) is 21.8. The molecule has 0 bridgehead atoms. The third-order valence-electron chi connectivity index (χ3n) is 2.86. The zero-order chi connectivity index (χ0) is 11.1. The molecule has 4 nitrogen and oxygen atoms in total. The summed E-state index contributed by atoms with van der Waals surface area (Å²) >= 11 is 0. The molecule has 0 aromatic carbocycles. The molecular weight excluding hydrogens is 194 g/mol. The summed E-state index contributed by atoms with van der Waals surface area (Å²) in [5.74, 6) is 0.361. The number of piperidine rings is 1. The van der Waals surface area contributed by atoms with Gasteiger partial charge in [0.25, 0.3) is 0 Å². The third-order valence-corrected chi connectivity index (χ3v) is 2.86. The predicted octanol–water partition coefficient (Wildman–Crippen LogP) is 0.0881. The van der Waals surface area contributed by atoms with Crippen molar-refractivity contribution in [3.63, 3.8) is 0 Å². The van der Waals surface area contributed by atoms with E-state index in [1.807, 2.05) is 0 Å². The molecule has 1 aliphatic rings. The molecular formula is C11H23NO3. The number of aliphatic hydroxyl groups is 2. The van der Waals surface area contributed by atoms with Gasteiger partial charge in [-0.25, -0.2) is 0 Å². The molecule has 0 aliphatic carbocycles. The molecule has 0 aromatic rings. The molecule has 0 radical (unpaired) electrons. The van der Waals surface area contributed by atoms with Gasteiger partial charge in [0.15, 0.2) is 0 Å². The summed E-state index contributed by atoms with van der Waals surface area (Å²) < 4.78 is 5.49. The van der Waals surface area contributed by atoms with Gasteiger partial charge in [0.05, 0.1) is 19.3 Å². The van der Waals surface area contributed by atoms with E-state index in [2.05, 4.69) is 11.8 Å².